The molecule has 0 saturated carbocycles. The largest absolute Gasteiger partial charge is 0.385 e. The van der Waals surface area contributed by atoms with Gasteiger partial charge in [-0.05, 0) is 13.3 Å². The number of nitrogens with one attached hydrogen (secondary N) is 1. The van der Waals surface area contributed by atoms with Gasteiger partial charge in [-0.15, -0.1) is 0 Å². The molecular formula is C16H21N3O. The van der Waals surface area contributed by atoms with Crippen LogP contribution in [0.3, 0.4) is 0 Å². The van der Waals surface area contributed by atoms with Crippen LogP contribution in [0.4, 0.5) is 5.82 Å². The standard InChI is InChI=1S/C16H21N3O/c1-12-15(13-8-5-4-6-9-13)18-14(10-7-11-20-3)19-16(12)17-2/h4-6,8-9H,7,10-11H2,1-3H3,(H,17,18,19). The Balaban J connectivity index is 2.37. The lowest BCUT2D eigenvalue weighted by Gasteiger charge is -2.12. The lowest BCUT2D eigenvalue weighted by molar-refractivity contribution is 0.194. The van der Waals surface area contributed by atoms with Crippen LogP contribution in [0.5, 0.6) is 0 Å². The minimum absolute atomic E-state index is 0.729. The maximum atomic E-state index is 5.09. The molecular weight excluding hydrogens is 250 g/mol. The maximum Gasteiger partial charge on any atom is 0.132 e. The van der Waals surface area contributed by atoms with Gasteiger partial charge in [0.15, 0.2) is 0 Å². The second-order valence-corrected chi connectivity index (χ2v) is 4.67. The molecule has 0 bridgehead atoms. The summed E-state index contributed by atoms with van der Waals surface area (Å²) in [5, 5.41) is 3.15. The Morgan fingerprint density at radius 3 is 2.55 bits per heavy atom. The summed E-state index contributed by atoms with van der Waals surface area (Å²) in [4.78, 5) is 9.29. The van der Waals surface area contributed by atoms with E-state index >= 15 is 0 Å². The number of ether oxygens (including phenoxy) is 1. The molecule has 0 amide bonds. The van der Waals surface area contributed by atoms with E-state index in [0.717, 1.165) is 47.9 Å². The second-order valence-electron chi connectivity index (χ2n) is 4.67. The highest BCUT2D eigenvalue weighted by molar-refractivity contribution is 5.67. The van der Waals surface area contributed by atoms with Crippen LogP contribution >= 0.6 is 0 Å². The summed E-state index contributed by atoms with van der Waals surface area (Å²) >= 11 is 0. The Kier molecular flexibility index (Phi) is 5.07. The summed E-state index contributed by atoms with van der Waals surface area (Å²) in [5.41, 5.74) is 3.20. The summed E-state index contributed by atoms with van der Waals surface area (Å²) in [6.07, 6.45) is 1.75. The van der Waals surface area contributed by atoms with Crippen LogP contribution in [0.1, 0.15) is 17.8 Å². The third kappa shape index (κ3) is 3.33. The monoisotopic (exact) mass is 271 g/mol. The van der Waals surface area contributed by atoms with Crippen molar-refractivity contribution in [3.05, 3.63) is 41.7 Å². The molecule has 4 nitrogen and oxygen atoms in total. The van der Waals surface area contributed by atoms with Gasteiger partial charge in [-0.1, -0.05) is 30.3 Å². The van der Waals surface area contributed by atoms with Crippen molar-refractivity contribution in [3.63, 3.8) is 0 Å². The van der Waals surface area contributed by atoms with Crippen LogP contribution in [-0.4, -0.2) is 30.7 Å². The van der Waals surface area contributed by atoms with Crippen molar-refractivity contribution in [2.75, 3.05) is 26.1 Å². The Labute approximate surface area is 120 Å². The predicted molar refractivity (Wildman–Crippen MR) is 81.9 cm³/mol. The van der Waals surface area contributed by atoms with Gasteiger partial charge < -0.3 is 10.1 Å². The molecule has 0 fully saturated rings. The zero-order valence-electron chi connectivity index (χ0n) is 12.3. The van der Waals surface area contributed by atoms with E-state index in [-0.39, 0.29) is 0 Å². The molecule has 2 rings (SSSR count). The first-order chi connectivity index (χ1) is 9.76. The quantitative estimate of drug-likeness (QED) is 0.820. The van der Waals surface area contributed by atoms with Gasteiger partial charge in [0.25, 0.3) is 0 Å². The van der Waals surface area contributed by atoms with Crippen molar-refractivity contribution in [2.45, 2.75) is 19.8 Å². The van der Waals surface area contributed by atoms with Crippen LogP contribution in [0.25, 0.3) is 11.3 Å². The lowest BCUT2D eigenvalue weighted by atomic mass is 10.1. The number of anilines is 1. The van der Waals surface area contributed by atoms with E-state index in [0.29, 0.717) is 0 Å². The molecule has 4 heteroatoms. The normalized spacial score (nSPS) is 10.6. The minimum atomic E-state index is 0.729. The number of hydrogen-bond donors (Lipinski definition) is 1. The van der Waals surface area contributed by atoms with Gasteiger partial charge in [-0.3, -0.25) is 0 Å². The lowest BCUT2D eigenvalue weighted by Crippen LogP contribution is -2.06. The van der Waals surface area contributed by atoms with E-state index in [1.165, 1.54) is 0 Å². The molecule has 0 unspecified atom stereocenters. The molecule has 0 aliphatic carbocycles. The Bertz CT molecular complexity index is 555. The zero-order chi connectivity index (χ0) is 14.4. The Morgan fingerprint density at radius 1 is 1.15 bits per heavy atom. The van der Waals surface area contributed by atoms with E-state index in [9.17, 15) is 0 Å². The van der Waals surface area contributed by atoms with E-state index in [1.807, 2.05) is 32.2 Å². The highest BCUT2D eigenvalue weighted by Gasteiger charge is 2.11. The number of aromatic nitrogens is 2. The van der Waals surface area contributed by atoms with Gasteiger partial charge >= 0.3 is 0 Å². The number of aryl methyl sites for hydroxylation is 1. The van der Waals surface area contributed by atoms with Crippen molar-refractivity contribution in [3.8, 4) is 11.3 Å². The van der Waals surface area contributed by atoms with Gasteiger partial charge in [0.2, 0.25) is 0 Å². The van der Waals surface area contributed by atoms with Crippen molar-refractivity contribution in [2.24, 2.45) is 0 Å². The third-order valence-electron chi connectivity index (χ3n) is 3.23. The molecule has 0 atom stereocenters. The summed E-state index contributed by atoms with van der Waals surface area (Å²) < 4.78 is 5.09. The molecule has 0 saturated heterocycles. The molecule has 1 aromatic heterocycles. The highest BCUT2D eigenvalue weighted by Crippen LogP contribution is 2.25. The molecule has 20 heavy (non-hydrogen) atoms. The molecule has 1 N–H and O–H groups in total. The van der Waals surface area contributed by atoms with E-state index in [4.69, 9.17) is 9.72 Å². The van der Waals surface area contributed by atoms with E-state index in [2.05, 4.69) is 22.4 Å². The molecule has 1 aromatic carbocycles. The minimum Gasteiger partial charge on any atom is -0.385 e. The zero-order valence-corrected chi connectivity index (χ0v) is 12.3. The molecule has 0 aliphatic rings. The van der Waals surface area contributed by atoms with Crippen molar-refractivity contribution >= 4 is 5.82 Å². The molecule has 0 aliphatic heterocycles. The topological polar surface area (TPSA) is 47.0 Å². The van der Waals surface area contributed by atoms with Gasteiger partial charge in [0.1, 0.15) is 11.6 Å². The number of benzene rings is 1. The van der Waals surface area contributed by atoms with Crippen LogP contribution in [0.15, 0.2) is 30.3 Å². The predicted octanol–water partition coefficient (Wildman–Crippen LogP) is 3.07. The second kappa shape index (κ2) is 7.01. The van der Waals surface area contributed by atoms with Crippen molar-refractivity contribution < 1.29 is 4.74 Å². The van der Waals surface area contributed by atoms with Gasteiger partial charge in [-0.25, -0.2) is 9.97 Å². The first-order valence-electron chi connectivity index (χ1n) is 6.86. The Hall–Kier alpha value is -1.94. The van der Waals surface area contributed by atoms with Gasteiger partial charge in [0.05, 0.1) is 5.69 Å². The fourth-order valence-corrected chi connectivity index (χ4v) is 2.17. The third-order valence-corrected chi connectivity index (χ3v) is 3.23. The van der Waals surface area contributed by atoms with Crippen LogP contribution in [-0.2, 0) is 11.2 Å². The first-order valence-corrected chi connectivity index (χ1v) is 6.86. The van der Waals surface area contributed by atoms with Crippen LogP contribution in [0.2, 0.25) is 0 Å². The highest BCUT2D eigenvalue weighted by atomic mass is 16.5. The van der Waals surface area contributed by atoms with E-state index in [1.54, 1.807) is 7.11 Å². The van der Waals surface area contributed by atoms with Gasteiger partial charge in [-0.2, -0.15) is 0 Å². The summed E-state index contributed by atoms with van der Waals surface area (Å²) in [5.74, 6) is 1.75. The fraction of sp³-hybridized carbons (Fsp3) is 0.375. The molecule has 2 aromatic rings. The number of nitrogens with zero attached hydrogens (tertiary/aromatic N) is 2. The van der Waals surface area contributed by atoms with Crippen LogP contribution < -0.4 is 5.32 Å². The number of rotatable bonds is 6. The fourth-order valence-electron chi connectivity index (χ4n) is 2.17. The molecule has 0 spiro atoms. The molecule has 1 heterocycles. The van der Waals surface area contributed by atoms with Crippen LogP contribution in [0, 0.1) is 6.92 Å². The summed E-state index contributed by atoms with van der Waals surface area (Å²) in [6, 6.07) is 10.2. The van der Waals surface area contributed by atoms with Crippen molar-refractivity contribution in [1.82, 2.24) is 9.97 Å². The first kappa shape index (κ1) is 14.5. The number of methoxy groups -OCH3 is 1. The maximum absolute atomic E-state index is 5.09. The number of hydrogen-bond acceptors (Lipinski definition) is 4. The average Bonchev–Trinajstić information content (AvgIpc) is 2.49. The summed E-state index contributed by atoms with van der Waals surface area (Å²) in [6.45, 7) is 2.78. The molecule has 0 radical (unpaired) electrons. The smallest absolute Gasteiger partial charge is 0.132 e. The SMILES string of the molecule is CNc1nc(CCCOC)nc(-c2ccccc2)c1C. The average molecular weight is 271 g/mol. The van der Waals surface area contributed by atoms with Gasteiger partial charge in [0, 0.05) is 38.3 Å². The van der Waals surface area contributed by atoms with E-state index < -0.39 is 0 Å². The molecule has 106 valence electrons. The summed E-state index contributed by atoms with van der Waals surface area (Å²) in [7, 11) is 3.60. The Morgan fingerprint density at radius 2 is 1.90 bits per heavy atom. The van der Waals surface area contributed by atoms with Crippen molar-refractivity contribution in [1.29, 1.82) is 0 Å².